The molecular formula is C22H26N2OS. The summed E-state index contributed by atoms with van der Waals surface area (Å²) in [5.74, 6) is 1.03. The van der Waals surface area contributed by atoms with Crippen LogP contribution in [-0.2, 0) is 12.8 Å². The molecule has 2 aromatic rings. The molecule has 2 aliphatic rings. The maximum Gasteiger partial charge on any atom is 0.122 e. The van der Waals surface area contributed by atoms with Gasteiger partial charge in [-0.25, -0.2) is 0 Å². The molecule has 0 fully saturated rings. The van der Waals surface area contributed by atoms with Gasteiger partial charge in [0, 0.05) is 28.4 Å². The number of nitrogens with zero attached hydrogens (tertiary/aromatic N) is 2. The Bertz CT molecular complexity index is 823. The molecule has 0 radical (unpaired) electrons. The van der Waals surface area contributed by atoms with E-state index in [1.165, 1.54) is 28.1 Å². The van der Waals surface area contributed by atoms with Crippen LogP contribution in [0.1, 0.15) is 28.5 Å². The van der Waals surface area contributed by atoms with E-state index in [1.54, 1.807) is 7.11 Å². The summed E-state index contributed by atoms with van der Waals surface area (Å²) in [5, 5.41) is 2.16. The number of methoxy groups -OCH3 is 1. The predicted octanol–water partition coefficient (Wildman–Crippen LogP) is 4.81. The van der Waals surface area contributed by atoms with Gasteiger partial charge in [-0.3, -0.25) is 0 Å². The van der Waals surface area contributed by atoms with Crippen LogP contribution < -0.4 is 9.64 Å². The van der Waals surface area contributed by atoms with Gasteiger partial charge in [0.2, 0.25) is 0 Å². The second-order valence-electron chi connectivity index (χ2n) is 7.20. The molecule has 1 aromatic carbocycles. The zero-order valence-electron chi connectivity index (χ0n) is 15.7. The van der Waals surface area contributed by atoms with Gasteiger partial charge in [0.15, 0.2) is 0 Å². The number of allylic oxidation sites excluding steroid dienone is 2. The second kappa shape index (κ2) is 7.29. The van der Waals surface area contributed by atoms with E-state index in [-0.39, 0.29) is 6.04 Å². The molecule has 1 unspecified atom stereocenters. The van der Waals surface area contributed by atoms with Gasteiger partial charge in [-0.15, -0.1) is 11.3 Å². The third-order valence-corrected chi connectivity index (χ3v) is 6.49. The summed E-state index contributed by atoms with van der Waals surface area (Å²) in [6.07, 6.45) is 12.1. The average Bonchev–Trinajstić information content (AvgIpc) is 3.21. The van der Waals surface area contributed by atoms with Crippen LogP contribution in [0.15, 0.2) is 54.1 Å². The van der Waals surface area contributed by atoms with Crippen LogP contribution in [0.4, 0.5) is 5.69 Å². The highest BCUT2D eigenvalue weighted by Crippen LogP contribution is 2.41. The second-order valence-corrected chi connectivity index (χ2v) is 8.18. The van der Waals surface area contributed by atoms with Gasteiger partial charge < -0.3 is 14.5 Å². The number of rotatable bonds is 4. The summed E-state index contributed by atoms with van der Waals surface area (Å²) in [6.45, 7) is 0. The molecule has 2 heterocycles. The molecule has 0 bridgehead atoms. The van der Waals surface area contributed by atoms with Crippen LogP contribution in [-0.4, -0.2) is 32.1 Å². The monoisotopic (exact) mass is 366 g/mol. The Balaban J connectivity index is 1.76. The molecule has 1 aliphatic heterocycles. The van der Waals surface area contributed by atoms with Crippen molar-refractivity contribution in [3.05, 3.63) is 70.1 Å². The lowest BCUT2D eigenvalue weighted by atomic mass is 9.85. The molecule has 0 N–H and O–H groups in total. The van der Waals surface area contributed by atoms with Gasteiger partial charge in [0.1, 0.15) is 5.75 Å². The molecule has 0 saturated carbocycles. The first-order valence-electron chi connectivity index (χ1n) is 9.21. The first-order chi connectivity index (χ1) is 12.7. The van der Waals surface area contributed by atoms with Crippen LogP contribution in [0.25, 0.3) is 0 Å². The summed E-state index contributed by atoms with van der Waals surface area (Å²) in [5.41, 5.74) is 4.14. The fourth-order valence-corrected chi connectivity index (χ4v) is 4.91. The topological polar surface area (TPSA) is 15.7 Å². The number of likely N-dealkylation sites (N-methyl/N-ethyl adjacent to an activating group) is 1. The highest BCUT2D eigenvalue weighted by molar-refractivity contribution is 7.10. The number of fused-ring (bicyclic) bond motifs is 1. The minimum absolute atomic E-state index is 0.268. The van der Waals surface area contributed by atoms with Crippen molar-refractivity contribution in [2.45, 2.75) is 31.3 Å². The van der Waals surface area contributed by atoms with Gasteiger partial charge in [-0.1, -0.05) is 18.2 Å². The highest BCUT2D eigenvalue weighted by Gasteiger charge is 2.29. The Morgan fingerprint density at radius 3 is 2.77 bits per heavy atom. The maximum atomic E-state index is 5.72. The quantitative estimate of drug-likeness (QED) is 0.772. The molecule has 4 heteroatoms. The normalized spacial score (nSPS) is 21.9. The van der Waals surface area contributed by atoms with Gasteiger partial charge >= 0.3 is 0 Å². The number of hydrogen-bond acceptors (Lipinski definition) is 4. The zero-order chi connectivity index (χ0) is 18.1. The molecule has 2 atom stereocenters. The maximum absolute atomic E-state index is 5.72. The Morgan fingerprint density at radius 2 is 2.04 bits per heavy atom. The summed E-state index contributed by atoms with van der Waals surface area (Å²) in [4.78, 5) is 6.13. The molecule has 136 valence electrons. The molecule has 1 aliphatic carbocycles. The minimum Gasteiger partial charge on any atom is -0.496 e. The highest BCUT2D eigenvalue weighted by atomic mass is 32.1. The smallest absolute Gasteiger partial charge is 0.122 e. The summed E-state index contributed by atoms with van der Waals surface area (Å²) < 4.78 is 5.72. The average molecular weight is 367 g/mol. The molecule has 0 amide bonds. The van der Waals surface area contributed by atoms with Crippen molar-refractivity contribution in [3.63, 3.8) is 0 Å². The van der Waals surface area contributed by atoms with Crippen LogP contribution >= 0.6 is 11.3 Å². The van der Waals surface area contributed by atoms with Crippen molar-refractivity contribution in [2.24, 2.45) is 0 Å². The van der Waals surface area contributed by atoms with E-state index in [4.69, 9.17) is 4.74 Å². The van der Waals surface area contributed by atoms with E-state index in [1.807, 2.05) is 11.3 Å². The lowest BCUT2D eigenvalue weighted by Gasteiger charge is -2.36. The molecule has 3 nitrogen and oxygen atoms in total. The summed E-state index contributed by atoms with van der Waals surface area (Å²) in [7, 11) is 6.14. The van der Waals surface area contributed by atoms with Gasteiger partial charge in [0.05, 0.1) is 13.2 Å². The van der Waals surface area contributed by atoms with Crippen LogP contribution in [0.2, 0.25) is 0 Å². The number of benzene rings is 1. The van der Waals surface area contributed by atoms with Crippen molar-refractivity contribution in [1.82, 2.24) is 4.90 Å². The van der Waals surface area contributed by atoms with Gasteiger partial charge in [-0.2, -0.15) is 0 Å². The van der Waals surface area contributed by atoms with E-state index >= 15 is 0 Å². The molecule has 4 rings (SSSR count). The van der Waals surface area contributed by atoms with Crippen LogP contribution in [0, 0.1) is 0 Å². The van der Waals surface area contributed by atoms with Crippen molar-refractivity contribution in [1.29, 1.82) is 0 Å². The molecule has 26 heavy (non-hydrogen) atoms. The van der Waals surface area contributed by atoms with E-state index < -0.39 is 0 Å². The SMILES string of the molecule is COc1ccc(N2C=CC=CC2c2cccs2)c2c1C[C@@H](N(C)C)CC2. The third-order valence-electron chi connectivity index (χ3n) is 5.54. The van der Waals surface area contributed by atoms with Crippen molar-refractivity contribution in [2.75, 3.05) is 26.1 Å². The lowest BCUT2D eigenvalue weighted by Crippen LogP contribution is -2.34. The number of thiophene rings is 1. The fourth-order valence-electron chi connectivity index (χ4n) is 4.10. The summed E-state index contributed by atoms with van der Waals surface area (Å²) in [6, 6.07) is 9.58. The predicted molar refractivity (Wildman–Crippen MR) is 110 cm³/mol. The summed E-state index contributed by atoms with van der Waals surface area (Å²) >= 11 is 1.82. The van der Waals surface area contributed by atoms with Gasteiger partial charge in [-0.05, 0) is 68.6 Å². The number of anilines is 1. The Kier molecular flexibility index (Phi) is 4.88. The Morgan fingerprint density at radius 1 is 1.15 bits per heavy atom. The standard InChI is InChI=1S/C22H26N2OS/c1-23(2)16-9-10-17-18(15-16)21(25-3)12-11-19(17)24-13-5-4-7-20(24)22-8-6-14-26-22/h4-8,11-14,16,20H,9-10,15H2,1-3H3/t16-,20?/m0/s1. The first-order valence-corrected chi connectivity index (χ1v) is 10.1. The van der Waals surface area contributed by atoms with Crippen LogP contribution in [0.3, 0.4) is 0 Å². The van der Waals surface area contributed by atoms with E-state index in [0.717, 1.165) is 18.6 Å². The zero-order valence-corrected chi connectivity index (χ0v) is 16.5. The molecule has 0 spiro atoms. The van der Waals surface area contributed by atoms with Gasteiger partial charge in [0.25, 0.3) is 0 Å². The Labute approximate surface area is 160 Å². The van der Waals surface area contributed by atoms with Crippen molar-refractivity contribution < 1.29 is 4.74 Å². The van der Waals surface area contributed by atoms with E-state index in [9.17, 15) is 0 Å². The van der Waals surface area contributed by atoms with E-state index in [2.05, 4.69) is 78.0 Å². The Hall–Kier alpha value is -2.04. The van der Waals surface area contributed by atoms with E-state index in [0.29, 0.717) is 6.04 Å². The lowest BCUT2D eigenvalue weighted by molar-refractivity contribution is 0.264. The number of ether oxygens (including phenoxy) is 1. The largest absolute Gasteiger partial charge is 0.496 e. The van der Waals surface area contributed by atoms with Crippen molar-refractivity contribution in [3.8, 4) is 5.75 Å². The fraction of sp³-hybridized carbons (Fsp3) is 0.364. The number of hydrogen-bond donors (Lipinski definition) is 0. The molecular weight excluding hydrogens is 340 g/mol. The third kappa shape index (κ3) is 3.08. The minimum atomic E-state index is 0.268. The molecule has 1 aromatic heterocycles. The molecule has 0 saturated heterocycles. The van der Waals surface area contributed by atoms with Crippen molar-refractivity contribution >= 4 is 17.0 Å². The first kappa shape index (κ1) is 17.4. The van der Waals surface area contributed by atoms with Crippen LogP contribution in [0.5, 0.6) is 5.75 Å².